The average Bonchev–Trinajstić information content (AvgIpc) is 3.84. The van der Waals surface area contributed by atoms with Gasteiger partial charge in [-0.05, 0) is 131 Å². The van der Waals surface area contributed by atoms with Crippen molar-refractivity contribution in [1.29, 1.82) is 0 Å². The first-order chi connectivity index (χ1) is 26.3. The molecule has 0 spiro atoms. The van der Waals surface area contributed by atoms with Crippen molar-refractivity contribution in [2.45, 2.75) is 209 Å². The predicted molar refractivity (Wildman–Crippen MR) is 242 cm³/mol. The minimum absolute atomic E-state index is 0. The molecular weight excluding hydrogens is 761 g/mol. The topological polar surface area (TPSA) is 96.2 Å². The summed E-state index contributed by atoms with van der Waals surface area (Å²) in [6, 6.07) is 0. The van der Waals surface area contributed by atoms with Crippen LogP contribution in [-0.2, 0) is 0 Å². The predicted octanol–water partition coefficient (Wildman–Crippen LogP) is 6.24. The van der Waals surface area contributed by atoms with Crippen LogP contribution in [0.5, 0.6) is 0 Å². The number of nitrogens with one attached hydrogen (secondary N) is 8. The van der Waals surface area contributed by atoms with Gasteiger partial charge in [0.1, 0.15) is 0 Å². The fourth-order valence-electron chi connectivity index (χ4n) is 16.6. The van der Waals surface area contributed by atoms with Crippen molar-refractivity contribution in [3.8, 4) is 0 Å². The van der Waals surface area contributed by atoms with Crippen molar-refractivity contribution in [2.24, 2.45) is 92.7 Å². The molecule has 20 atom stereocenters. The van der Waals surface area contributed by atoms with Crippen LogP contribution in [0.4, 0.5) is 0 Å². The van der Waals surface area contributed by atoms with E-state index < -0.39 is 0 Å². The van der Waals surface area contributed by atoms with E-state index in [9.17, 15) is 0 Å². The molecule has 0 aromatic carbocycles. The summed E-state index contributed by atoms with van der Waals surface area (Å²) in [5.74, 6) is 7.49. The van der Waals surface area contributed by atoms with Crippen LogP contribution >= 0.6 is 0 Å². The zero-order valence-electron chi connectivity index (χ0n) is 38.0. The molecule has 57 heavy (non-hydrogen) atoms. The molecule has 0 radical (unpaired) electrons. The van der Waals surface area contributed by atoms with E-state index in [1.54, 1.807) is 0 Å². The van der Waals surface area contributed by atoms with Crippen LogP contribution in [0.25, 0.3) is 0 Å². The quantitative estimate of drug-likeness (QED) is 0.136. The third kappa shape index (κ3) is 7.84. The van der Waals surface area contributed by atoms with Crippen molar-refractivity contribution >= 4 is 17.6 Å². The van der Waals surface area contributed by atoms with Gasteiger partial charge in [0, 0.05) is 0 Å². The molecule has 0 amide bonds. The zero-order valence-corrected chi connectivity index (χ0v) is 38.0. The number of hydrogen-bond acceptors (Lipinski definition) is 8. The number of rotatable bonds is 0. The third-order valence-corrected chi connectivity index (χ3v) is 18.3. The molecule has 9 fully saturated rings. The van der Waals surface area contributed by atoms with Gasteiger partial charge in [-0.25, -0.2) is 0 Å². The molecule has 0 aromatic rings. The SMILES string of the molecule is CC(C)(C)C1C2C3NC4NC(NC5NC(NC6NC(NC(N3)C2C(C(C)(C)C)C(C(C)(C)C)C1C(C)(C)C)C1CCCCC61)C1CCCCC51)C1CCCCC41.[GeH4]. The summed E-state index contributed by atoms with van der Waals surface area (Å²) in [6.45, 7) is 31.2. The summed E-state index contributed by atoms with van der Waals surface area (Å²) in [7, 11) is 0. The van der Waals surface area contributed by atoms with Crippen LogP contribution in [0.3, 0.4) is 0 Å². The van der Waals surface area contributed by atoms with Crippen LogP contribution < -0.4 is 42.5 Å². The number of hydrogen-bond donors (Lipinski definition) is 8. The van der Waals surface area contributed by atoms with Crippen molar-refractivity contribution in [3.63, 3.8) is 0 Å². The fourth-order valence-corrected chi connectivity index (χ4v) is 16.6. The molecule has 4 saturated carbocycles. The molecule has 20 unspecified atom stereocenters. The maximum absolute atomic E-state index is 4.56. The molecule has 4 aliphatic carbocycles. The second kappa shape index (κ2) is 15.8. The summed E-state index contributed by atoms with van der Waals surface area (Å²) in [5, 5.41) is 35.4. The molecule has 9 rings (SSSR count). The van der Waals surface area contributed by atoms with Gasteiger partial charge in [0.05, 0.1) is 49.3 Å². The molecule has 8 N–H and O–H groups in total. The van der Waals surface area contributed by atoms with E-state index in [4.69, 9.17) is 0 Å². The molecule has 5 heterocycles. The first-order valence-corrected chi connectivity index (χ1v) is 24.4. The van der Waals surface area contributed by atoms with Gasteiger partial charge in [-0.2, -0.15) is 0 Å². The Kier molecular flexibility index (Phi) is 12.1. The van der Waals surface area contributed by atoms with Gasteiger partial charge in [-0.3, -0.25) is 42.5 Å². The zero-order chi connectivity index (χ0) is 39.7. The Morgan fingerprint density at radius 2 is 0.439 bits per heavy atom. The first-order valence-electron chi connectivity index (χ1n) is 24.4. The molecule has 9 heteroatoms. The summed E-state index contributed by atoms with van der Waals surface area (Å²) in [6.07, 6.45) is 18.9. The van der Waals surface area contributed by atoms with Crippen LogP contribution in [-0.4, -0.2) is 66.9 Å². The third-order valence-electron chi connectivity index (χ3n) is 18.3. The van der Waals surface area contributed by atoms with Crippen molar-refractivity contribution in [2.75, 3.05) is 0 Å². The van der Waals surface area contributed by atoms with Crippen LogP contribution in [0.15, 0.2) is 0 Å². The average molecular weight is 854 g/mol. The van der Waals surface area contributed by atoms with Crippen LogP contribution in [0, 0.1) is 92.7 Å². The second-order valence-corrected chi connectivity index (χ2v) is 25.7. The Balaban J connectivity index is 0.00000455. The van der Waals surface area contributed by atoms with Gasteiger partial charge in [0.25, 0.3) is 0 Å². The molecule has 8 bridgehead atoms. The van der Waals surface area contributed by atoms with Crippen LogP contribution in [0.2, 0.25) is 0 Å². The minimum atomic E-state index is 0. The second-order valence-electron chi connectivity index (χ2n) is 25.7. The van der Waals surface area contributed by atoms with Crippen LogP contribution in [0.1, 0.15) is 160 Å². The summed E-state index contributed by atoms with van der Waals surface area (Å²) in [4.78, 5) is 0. The molecule has 8 nitrogen and oxygen atoms in total. The van der Waals surface area contributed by atoms with Crippen molar-refractivity contribution in [1.82, 2.24) is 42.5 Å². The molecule has 5 saturated heterocycles. The van der Waals surface area contributed by atoms with E-state index in [1.807, 2.05) is 0 Å². The first kappa shape index (κ1) is 43.9. The maximum atomic E-state index is 4.56. The van der Waals surface area contributed by atoms with E-state index in [-0.39, 0.29) is 51.6 Å². The van der Waals surface area contributed by atoms with Crippen molar-refractivity contribution in [3.05, 3.63) is 0 Å². The Morgan fingerprint density at radius 1 is 0.263 bits per heavy atom. The Morgan fingerprint density at radius 3 is 0.632 bits per heavy atom. The Bertz CT molecular complexity index is 1290. The van der Waals surface area contributed by atoms with Gasteiger partial charge in [-0.1, -0.05) is 122 Å². The van der Waals surface area contributed by atoms with E-state index in [0.29, 0.717) is 108 Å². The van der Waals surface area contributed by atoms with Crippen molar-refractivity contribution < 1.29 is 0 Å². The fraction of sp³-hybridized carbons (Fsp3) is 1.00. The van der Waals surface area contributed by atoms with E-state index in [2.05, 4.69) is 126 Å². The molecular formula is C48H92GeN8. The van der Waals surface area contributed by atoms with Gasteiger partial charge >= 0.3 is 17.6 Å². The van der Waals surface area contributed by atoms with Gasteiger partial charge < -0.3 is 0 Å². The summed E-state index contributed by atoms with van der Waals surface area (Å²) < 4.78 is 0. The van der Waals surface area contributed by atoms with Gasteiger partial charge in [0.15, 0.2) is 0 Å². The van der Waals surface area contributed by atoms with E-state index in [0.717, 1.165) is 0 Å². The molecule has 328 valence electrons. The molecule has 9 aliphatic rings. The van der Waals surface area contributed by atoms with Gasteiger partial charge in [-0.15, -0.1) is 0 Å². The Hall–Kier alpha value is 0.223. The summed E-state index contributed by atoms with van der Waals surface area (Å²) in [5.41, 5.74) is 0.712. The van der Waals surface area contributed by atoms with E-state index in [1.165, 1.54) is 77.0 Å². The standard InChI is InChI=1S/C48H88N8.GeH4/c1-45(2,3)33-31-32(34(46(4,5)6)36(48(10,11)12)35(33)47(7,8)9)44-55-42-30-24-18-16-22-28(30)40(53-42)51-38-26-20-14-13-19-25(26)37(49-38)50-39-27-21-15-17-23-29(27)41(52-39)54-43(31)56-44;/h25-44,49-56H,13-24H2,1-12H3;1H4. The monoisotopic (exact) mass is 855 g/mol. The Labute approximate surface area is 360 Å². The summed E-state index contributed by atoms with van der Waals surface area (Å²) >= 11 is 0. The number of fused-ring (bicyclic) bond motifs is 20. The molecule has 5 aliphatic heterocycles. The molecule has 0 aromatic heterocycles. The normalized spacial score (nSPS) is 50.3. The van der Waals surface area contributed by atoms with E-state index >= 15 is 0 Å². The van der Waals surface area contributed by atoms with Gasteiger partial charge in [0.2, 0.25) is 0 Å².